The Morgan fingerprint density at radius 2 is 1.89 bits per heavy atom. The fraction of sp³-hybridized carbons (Fsp3) is 0.769. The molecule has 0 radical (unpaired) electrons. The zero-order valence-electron chi connectivity index (χ0n) is 11.5. The van der Waals surface area contributed by atoms with Crippen LogP contribution >= 0.6 is 0 Å². The third kappa shape index (κ3) is 5.28. The van der Waals surface area contributed by atoms with Crippen molar-refractivity contribution in [3.63, 3.8) is 0 Å². The number of nitrogens with one attached hydrogen (secondary N) is 2. The molecule has 0 aromatic rings. The predicted molar refractivity (Wildman–Crippen MR) is 69.2 cm³/mol. The van der Waals surface area contributed by atoms with Crippen molar-refractivity contribution in [3.05, 3.63) is 0 Å². The van der Waals surface area contributed by atoms with Gasteiger partial charge in [0.2, 0.25) is 11.8 Å². The molecule has 1 rings (SSSR count). The van der Waals surface area contributed by atoms with Gasteiger partial charge in [-0.15, -0.1) is 0 Å². The van der Waals surface area contributed by atoms with Gasteiger partial charge in [0.15, 0.2) is 0 Å². The highest BCUT2D eigenvalue weighted by Crippen LogP contribution is 2.27. The maximum absolute atomic E-state index is 12.1. The second-order valence-electron chi connectivity index (χ2n) is 4.84. The molecule has 1 saturated carbocycles. The van der Waals surface area contributed by atoms with Crippen LogP contribution in [0, 0.1) is 5.92 Å². The lowest BCUT2D eigenvalue weighted by Crippen LogP contribution is -2.50. The normalized spacial score (nSPS) is 16.7. The number of amides is 2. The molecule has 1 aliphatic rings. The van der Waals surface area contributed by atoms with E-state index in [9.17, 15) is 14.4 Å². The molecular formula is C13H22N2O4. The van der Waals surface area contributed by atoms with E-state index >= 15 is 0 Å². The molecular weight excluding hydrogens is 248 g/mol. The van der Waals surface area contributed by atoms with Gasteiger partial charge in [-0.2, -0.15) is 0 Å². The molecule has 0 aromatic carbocycles. The Kier molecular flexibility index (Phi) is 6.32. The van der Waals surface area contributed by atoms with Crippen LogP contribution in [0.4, 0.5) is 0 Å². The number of methoxy groups -OCH3 is 1. The molecule has 1 fully saturated rings. The fourth-order valence-corrected chi connectivity index (χ4v) is 2.41. The van der Waals surface area contributed by atoms with Crippen molar-refractivity contribution in [2.45, 2.75) is 45.1 Å². The number of hydrogen-bond acceptors (Lipinski definition) is 4. The Morgan fingerprint density at radius 1 is 1.26 bits per heavy atom. The number of carbonyl (C=O) groups excluding carboxylic acids is 3. The van der Waals surface area contributed by atoms with Gasteiger partial charge < -0.3 is 15.4 Å². The van der Waals surface area contributed by atoms with Crippen molar-refractivity contribution >= 4 is 17.8 Å². The zero-order valence-corrected chi connectivity index (χ0v) is 11.5. The molecule has 2 amide bonds. The van der Waals surface area contributed by atoms with Crippen LogP contribution in [0.15, 0.2) is 0 Å². The van der Waals surface area contributed by atoms with Crippen molar-refractivity contribution in [2.75, 3.05) is 13.7 Å². The minimum atomic E-state index is -0.488. The van der Waals surface area contributed by atoms with Crippen molar-refractivity contribution in [2.24, 2.45) is 5.92 Å². The Morgan fingerprint density at radius 3 is 2.42 bits per heavy atom. The van der Waals surface area contributed by atoms with E-state index in [1.54, 1.807) is 0 Å². The number of carbonyl (C=O) groups is 3. The van der Waals surface area contributed by atoms with Gasteiger partial charge in [0, 0.05) is 13.5 Å². The molecule has 6 heteroatoms. The Labute approximate surface area is 113 Å². The lowest BCUT2D eigenvalue weighted by atomic mass is 9.97. The smallest absolute Gasteiger partial charge is 0.307 e. The third-order valence-corrected chi connectivity index (χ3v) is 3.37. The second-order valence-corrected chi connectivity index (χ2v) is 4.84. The SMILES string of the molecule is COC(=O)CCNC(=O)C(NC(C)=O)C1CCCC1. The first-order valence-corrected chi connectivity index (χ1v) is 6.66. The summed E-state index contributed by atoms with van der Waals surface area (Å²) in [5.74, 6) is -0.592. The summed E-state index contributed by atoms with van der Waals surface area (Å²) in [6.45, 7) is 1.64. The van der Waals surface area contributed by atoms with Gasteiger partial charge in [-0.05, 0) is 18.8 Å². The van der Waals surface area contributed by atoms with Crippen LogP contribution in [0.3, 0.4) is 0 Å². The van der Waals surface area contributed by atoms with E-state index in [0.717, 1.165) is 25.7 Å². The summed E-state index contributed by atoms with van der Waals surface area (Å²) in [6, 6.07) is -0.488. The molecule has 0 aromatic heterocycles. The summed E-state index contributed by atoms with van der Waals surface area (Å²) >= 11 is 0. The summed E-state index contributed by atoms with van der Waals surface area (Å²) in [6.07, 6.45) is 4.23. The molecule has 0 bridgehead atoms. The number of hydrogen-bond donors (Lipinski definition) is 2. The summed E-state index contributed by atoms with van der Waals surface area (Å²) in [4.78, 5) is 34.2. The van der Waals surface area contributed by atoms with E-state index in [0.29, 0.717) is 0 Å². The van der Waals surface area contributed by atoms with E-state index in [2.05, 4.69) is 15.4 Å². The molecule has 0 aliphatic heterocycles. The number of ether oxygens (including phenoxy) is 1. The monoisotopic (exact) mass is 270 g/mol. The van der Waals surface area contributed by atoms with Gasteiger partial charge >= 0.3 is 5.97 Å². The molecule has 1 aliphatic carbocycles. The van der Waals surface area contributed by atoms with Crippen molar-refractivity contribution in [1.82, 2.24) is 10.6 Å². The van der Waals surface area contributed by atoms with Crippen LogP contribution in [-0.4, -0.2) is 37.5 Å². The lowest BCUT2D eigenvalue weighted by Gasteiger charge is -2.23. The highest BCUT2D eigenvalue weighted by Gasteiger charge is 2.31. The van der Waals surface area contributed by atoms with Crippen molar-refractivity contribution < 1.29 is 19.1 Å². The average molecular weight is 270 g/mol. The van der Waals surface area contributed by atoms with Crippen molar-refractivity contribution in [1.29, 1.82) is 0 Å². The van der Waals surface area contributed by atoms with Gasteiger partial charge in [-0.1, -0.05) is 12.8 Å². The molecule has 2 N–H and O–H groups in total. The van der Waals surface area contributed by atoms with Crippen LogP contribution in [0.1, 0.15) is 39.0 Å². The molecule has 108 valence electrons. The minimum absolute atomic E-state index is 0.139. The van der Waals surface area contributed by atoms with E-state index in [1.807, 2.05) is 0 Å². The first-order valence-electron chi connectivity index (χ1n) is 6.66. The summed E-state index contributed by atoms with van der Waals surface area (Å²) in [7, 11) is 1.31. The second kappa shape index (κ2) is 7.76. The van der Waals surface area contributed by atoms with Crippen LogP contribution < -0.4 is 10.6 Å². The number of rotatable bonds is 6. The first-order chi connectivity index (χ1) is 9.04. The Bertz CT molecular complexity index is 338. The predicted octanol–water partition coefficient (Wildman–Crippen LogP) is 0.361. The average Bonchev–Trinajstić information content (AvgIpc) is 2.88. The van der Waals surface area contributed by atoms with Crippen LogP contribution in [0.2, 0.25) is 0 Å². The summed E-state index contributed by atoms with van der Waals surface area (Å²) < 4.78 is 4.50. The quantitative estimate of drug-likeness (QED) is 0.683. The maximum Gasteiger partial charge on any atom is 0.307 e. The van der Waals surface area contributed by atoms with Gasteiger partial charge in [-0.3, -0.25) is 14.4 Å². The van der Waals surface area contributed by atoms with Crippen molar-refractivity contribution in [3.8, 4) is 0 Å². The molecule has 0 spiro atoms. The fourth-order valence-electron chi connectivity index (χ4n) is 2.41. The summed E-state index contributed by atoms with van der Waals surface area (Å²) in [5.41, 5.74) is 0. The van der Waals surface area contributed by atoms with Gasteiger partial charge in [-0.25, -0.2) is 0 Å². The van der Waals surface area contributed by atoms with Gasteiger partial charge in [0.1, 0.15) is 6.04 Å². The molecule has 0 saturated heterocycles. The number of esters is 1. The van der Waals surface area contributed by atoms with E-state index in [1.165, 1.54) is 14.0 Å². The summed E-state index contributed by atoms with van der Waals surface area (Å²) in [5, 5.41) is 5.38. The molecule has 6 nitrogen and oxygen atoms in total. The highest BCUT2D eigenvalue weighted by molar-refractivity contribution is 5.87. The molecule has 0 heterocycles. The van der Waals surface area contributed by atoms with Gasteiger partial charge in [0.25, 0.3) is 0 Å². The van der Waals surface area contributed by atoms with E-state index < -0.39 is 6.04 Å². The Hall–Kier alpha value is -1.59. The van der Waals surface area contributed by atoms with E-state index in [4.69, 9.17) is 0 Å². The minimum Gasteiger partial charge on any atom is -0.469 e. The standard InChI is InChI=1S/C13H22N2O4/c1-9(16)15-12(10-5-3-4-6-10)13(18)14-8-7-11(17)19-2/h10,12H,3-8H2,1-2H3,(H,14,18)(H,15,16). The molecule has 1 atom stereocenters. The molecule has 1 unspecified atom stereocenters. The third-order valence-electron chi connectivity index (χ3n) is 3.37. The largest absolute Gasteiger partial charge is 0.469 e. The first kappa shape index (κ1) is 15.5. The van der Waals surface area contributed by atoms with Gasteiger partial charge in [0.05, 0.1) is 13.5 Å². The highest BCUT2D eigenvalue weighted by atomic mass is 16.5. The van der Waals surface area contributed by atoms with E-state index in [-0.39, 0.29) is 36.7 Å². The van der Waals surface area contributed by atoms with Crippen LogP contribution in [0.25, 0.3) is 0 Å². The van der Waals surface area contributed by atoms with Crippen LogP contribution in [0.5, 0.6) is 0 Å². The topological polar surface area (TPSA) is 84.5 Å². The lowest BCUT2D eigenvalue weighted by molar-refractivity contribution is -0.140. The Balaban J connectivity index is 2.46. The van der Waals surface area contributed by atoms with Crippen LogP contribution in [-0.2, 0) is 19.1 Å². The maximum atomic E-state index is 12.1. The zero-order chi connectivity index (χ0) is 14.3. The molecule has 19 heavy (non-hydrogen) atoms.